The van der Waals surface area contributed by atoms with Gasteiger partial charge in [0, 0.05) is 51.9 Å². The normalized spacial score (nSPS) is 24.3. The van der Waals surface area contributed by atoms with Gasteiger partial charge >= 0.3 is 0 Å². The average Bonchev–Trinajstić information content (AvgIpc) is 2.97. The van der Waals surface area contributed by atoms with Gasteiger partial charge in [-0.2, -0.15) is 0 Å². The molecular weight excluding hydrogens is 284 g/mol. The van der Waals surface area contributed by atoms with Gasteiger partial charge < -0.3 is 15.1 Å². The second kappa shape index (κ2) is 8.25. The van der Waals surface area contributed by atoms with Crippen LogP contribution >= 0.6 is 0 Å². The third-order valence-electron chi connectivity index (χ3n) is 5.41. The second-order valence-corrected chi connectivity index (χ2v) is 7.30. The van der Waals surface area contributed by atoms with Crippen molar-refractivity contribution in [2.24, 2.45) is 0 Å². The Kier molecular flexibility index (Phi) is 6.06. The van der Waals surface area contributed by atoms with Crippen molar-refractivity contribution < 1.29 is 0 Å². The summed E-state index contributed by atoms with van der Waals surface area (Å²) >= 11 is 0. The zero-order chi connectivity index (χ0) is 16.1. The molecule has 0 spiro atoms. The smallest absolute Gasteiger partial charge is 0.0234 e. The molecule has 2 fully saturated rings. The highest BCUT2D eigenvalue weighted by Crippen LogP contribution is 2.14. The molecule has 0 amide bonds. The van der Waals surface area contributed by atoms with E-state index in [4.69, 9.17) is 0 Å². The maximum absolute atomic E-state index is 3.62. The summed E-state index contributed by atoms with van der Waals surface area (Å²) in [7, 11) is 4.45. The molecule has 3 rings (SSSR count). The van der Waals surface area contributed by atoms with Crippen LogP contribution in [-0.4, -0.2) is 74.1 Å². The molecule has 4 nitrogen and oxygen atoms in total. The van der Waals surface area contributed by atoms with Gasteiger partial charge in [-0.25, -0.2) is 0 Å². The van der Waals surface area contributed by atoms with E-state index in [0.717, 1.165) is 25.7 Å². The van der Waals surface area contributed by atoms with Gasteiger partial charge in [0.2, 0.25) is 0 Å². The Morgan fingerprint density at radius 1 is 0.957 bits per heavy atom. The molecule has 0 aliphatic carbocycles. The van der Waals surface area contributed by atoms with Crippen molar-refractivity contribution in [3.05, 3.63) is 35.4 Å². The Labute approximate surface area is 141 Å². The number of likely N-dealkylation sites (N-methyl/N-ethyl adjacent to an activating group) is 2. The van der Waals surface area contributed by atoms with Gasteiger partial charge in [-0.1, -0.05) is 24.3 Å². The van der Waals surface area contributed by atoms with Gasteiger partial charge in [0.1, 0.15) is 0 Å². The monoisotopic (exact) mass is 316 g/mol. The second-order valence-electron chi connectivity index (χ2n) is 7.30. The van der Waals surface area contributed by atoms with Crippen LogP contribution in [0.3, 0.4) is 0 Å². The van der Waals surface area contributed by atoms with E-state index in [-0.39, 0.29) is 0 Å². The van der Waals surface area contributed by atoms with Gasteiger partial charge in [-0.3, -0.25) is 4.90 Å². The van der Waals surface area contributed by atoms with E-state index >= 15 is 0 Å². The predicted octanol–water partition coefficient (Wildman–Crippen LogP) is 1.62. The molecule has 1 N–H and O–H groups in total. The summed E-state index contributed by atoms with van der Waals surface area (Å²) in [6.45, 7) is 9.21. The molecule has 0 saturated carbocycles. The van der Waals surface area contributed by atoms with Gasteiger partial charge in [0.15, 0.2) is 0 Å². The van der Waals surface area contributed by atoms with Gasteiger partial charge in [-0.05, 0) is 44.6 Å². The van der Waals surface area contributed by atoms with Crippen molar-refractivity contribution in [3.63, 3.8) is 0 Å². The Bertz CT molecular complexity index is 465. The first-order valence-corrected chi connectivity index (χ1v) is 9.10. The highest BCUT2D eigenvalue weighted by Gasteiger charge is 2.19. The fourth-order valence-corrected chi connectivity index (χ4v) is 3.65. The zero-order valence-corrected chi connectivity index (χ0v) is 14.8. The summed E-state index contributed by atoms with van der Waals surface area (Å²) < 4.78 is 0. The van der Waals surface area contributed by atoms with Gasteiger partial charge in [0.25, 0.3) is 0 Å². The Morgan fingerprint density at radius 3 is 2.30 bits per heavy atom. The first-order chi connectivity index (χ1) is 11.2. The quantitative estimate of drug-likeness (QED) is 0.861. The van der Waals surface area contributed by atoms with E-state index in [1.165, 1.54) is 56.7 Å². The molecule has 2 aliphatic rings. The number of nitrogens with one attached hydrogen (secondary N) is 1. The lowest BCUT2D eigenvalue weighted by Crippen LogP contribution is -2.43. The highest BCUT2D eigenvalue weighted by molar-refractivity contribution is 5.22. The average molecular weight is 316 g/mol. The molecule has 0 bridgehead atoms. The molecular formula is C19H32N4. The molecule has 1 atom stereocenters. The van der Waals surface area contributed by atoms with Crippen molar-refractivity contribution in [2.75, 3.05) is 53.4 Å². The molecule has 0 aromatic heterocycles. The standard InChI is InChI=1S/C19H32N4/c1-21-10-12-23(13-11-21)16-18-7-5-17(6-8-18)14-20-15-19-4-3-9-22(19)2/h5-8,19-20H,3-4,9-16H2,1-2H3. The maximum atomic E-state index is 3.62. The summed E-state index contributed by atoms with van der Waals surface area (Å²) in [6.07, 6.45) is 2.69. The fraction of sp³-hybridized carbons (Fsp3) is 0.684. The van der Waals surface area contributed by atoms with Crippen LogP contribution in [0, 0.1) is 0 Å². The van der Waals surface area contributed by atoms with Crippen molar-refractivity contribution in [1.82, 2.24) is 20.0 Å². The summed E-state index contributed by atoms with van der Waals surface area (Å²) in [4.78, 5) is 7.45. The van der Waals surface area contributed by atoms with Gasteiger partial charge in [-0.15, -0.1) is 0 Å². The van der Waals surface area contributed by atoms with E-state index in [1.54, 1.807) is 0 Å². The molecule has 1 aromatic carbocycles. The molecule has 23 heavy (non-hydrogen) atoms. The van der Waals surface area contributed by atoms with Crippen LogP contribution in [0.2, 0.25) is 0 Å². The molecule has 2 saturated heterocycles. The van der Waals surface area contributed by atoms with Crippen LogP contribution in [0.1, 0.15) is 24.0 Å². The maximum Gasteiger partial charge on any atom is 0.0234 e. The number of likely N-dealkylation sites (tertiary alicyclic amines) is 1. The topological polar surface area (TPSA) is 21.8 Å². The number of nitrogens with zero attached hydrogens (tertiary/aromatic N) is 3. The molecule has 0 radical (unpaired) electrons. The Hall–Kier alpha value is -0.940. The zero-order valence-electron chi connectivity index (χ0n) is 14.8. The molecule has 2 aliphatic heterocycles. The van der Waals surface area contributed by atoms with Crippen molar-refractivity contribution in [1.29, 1.82) is 0 Å². The lowest BCUT2D eigenvalue weighted by molar-refractivity contribution is 0.148. The predicted molar refractivity (Wildman–Crippen MR) is 96.6 cm³/mol. The van der Waals surface area contributed by atoms with E-state index < -0.39 is 0 Å². The summed E-state index contributed by atoms with van der Waals surface area (Å²) in [5, 5.41) is 3.62. The van der Waals surface area contributed by atoms with Crippen molar-refractivity contribution >= 4 is 0 Å². The SMILES string of the molecule is CN1CCN(Cc2ccc(CNCC3CCCN3C)cc2)CC1. The first-order valence-electron chi connectivity index (χ1n) is 9.10. The minimum absolute atomic E-state index is 0.728. The van der Waals surface area contributed by atoms with Gasteiger partial charge in [0.05, 0.1) is 0 Å². The molecule has 1 unspecified atom stereocenters. The van der Waals surface area contributed by atoms with Crippen LogP contribution < -0.4 is 5.32 Å². The van der Waals surface area contributed by atoms with Crippen LogP contribution in [0.4, 0.5) is 0 Å². The Morgan fingerprint density at radius 2 is 1.65 bits per heavy atom. The molecule has 2 heterocycles. The lowest BCUT2D eigenvalue weighted by Gasteiger charge is -2.32. The Balaban J connectivity index is 1.40. The largest absolute Gasteiger partial charge is 0.311 e. The van der Waals surface area contributed by atoms with E-state index in [2.05, 4.69) is 58.4 Å². The number of rotatable bonds is 6. The first kappa shape index (κ1) is 16.9. The van der Waals surface area contributed by atoms with E-state index in [9.17, 15) is 0 Å². The number of benzene rings is 1. The third kappa shape index (κ3) is 5.01. The number of hydrogen-bond acceptors (Lipinski definition) is 4. The highest BCUT2D eigenvalue weighted by atomic mass is 15.2. The van der Waals surface area contributed by atoms with E-state index in [0.29, 0.717) is 0 Å². The van der Waals surface area contributed by atoms with Crippen molar-refractivity contribution in [2.45, 2.75) is 32.0 Å². The van der Waals surface area contributed by atoms with Crippen LogP contribution in [0.25, 0.3) is 0 Å². The lowest BCUT2D eigenvalue weighted by atomic mass is 10.1. The molecule has 4 heteroatoms. The minimum Gasteiger partial charge on any atom is -0.311 e. The summed E-state index contributed by atoms with van der Waals surface area (Å²) in [6, 6.07) is 9.91. The molecule has 1 aromatic rings. The fourth-order valence-electron chi connectivity index (χ4n) is 3.65. The molecule has 128 valence electrons. The minimum atomic E-state index is 0.728. The van der Waals surface area contributed by atoms with Crippen LogP contribution in [0.5, 0.6) is 0 Å². The van der Waals surface area contributed by atoms with Crippen molar-refractivity contribution in [3.8, 4) is 0 Å². The summed E-state index contributed by atoms with van der Waals surface area (Å²) in [5.41, 5.74) is 2.83. The number of hydrogen-bond donors (Lipinski definition) is 1. The van der Waals surface area contributed by atoms with Crippen LogP contribution in [-0.2, 0) is 13.1 Å². The van der Waals surface area contributed by atoms with Crippen LogP contribution in [0.15, 0.2) is 24.3 Å². The summed E-state index contributed by atoms with van der Waals surface area (Å²) in [5.74, 6) is 0. The van der Waals surface area contributed by atoms with E-state index in [1.807, 2.05) is 0 Å². The third-order valence-corrected chi connectivity index (χ3v) is 5.41. The number of piperazine rings is 1.